The van der Waals surface area contributed by atoms with Crippen LogP contribution in [-0.2, 0) is 5.75 Å². The maximum atomic E-state index is 9.32. The second kappa shape index (κ2) is 4.47. The molecule has 5 heteroatoms. The van der Waals surface area contributed by atoms with Gasteiger partial charge in [0.15, 0.2) is 5.82 Å². The van der Waals surface area contributed by atoms with E-state index >= 15 is 0 Å². The molecule has 0 bridgehead atoms. The predicted octanol–water partition coefficient (Wildman–Crippen LogP) is 1.38. The number of hydrogen-bond acceptors (Lipinski definition) is 5. The molecule has 0 saturated heterocycles. The van der Waals surface area contributed by atoms with E-state index in [-0.39, 0.29) is 0 Å². The quantitative estimate of drug-likeness (QED) is 0.773. The van der Waals surface area contributed by atoms with Crippen LogP contribution in [0.1, 0.15) is 31.2 Å². The molecule has 0 aliphatic carbocycles. The van der Waals surface area contributed by atoms with Crippen molar-refractivity contribution < 1.29 is 9.63 Å². The minimum Gasteiger partial charge on any atom is -0.385 e. The normalized spacial score (nSPS) is 13.2. The summed E-state index contributed by atoms with van der Waals surface area (Å²) < 4.78 is 4.89. The summed E-state index contributed by atoms with van der Waals surface area (Å²) >= 11 is 1.61. The van der Waals surface area contributed by atoms with Crippen LogP contribution in [0.4, 0.5) is 0 Å². The highest BCUT2D eigenvalue weighted by atomic mass is 32.2. The first-order valence-corrected chi connectivity index (χ1v) is 5.16. The Bertz CT molecular complexity index is 239. The van der Waals surface area contributed by atoms with Crippen molar-refractivity contribution in [2.24, 2.45) is 0 Å². The van der Waals surface area contributed by atoms with Crippen LogP contribution in [0.3, 0.4) is 0 Å². The number of rotatable bonds is 4. The van der Waals surface area contributed by atoms with Gasteiger partial charge in [0.2, 0.25) is 5.89 Å². The number of hydrogen-bond donors (Lipinski definition) is 1. The average molecular weight is 188 g/mol. The molecular formula is C7H12N2O2S. The van der Waals surface area contributed by atoms with Crippen LogP contribution in [0.15, 0.2) is 4.52 Å². The highest BCUT2D eigenvalue weighted by molar-refractivity contribution is 7.97. The number of nitrogens with zero attached hydrogens (tertiary/aromatic N) is 2. The van der Waals surface area contributed by atoms with Gasteiger partial charge in [-0.2, -0.15) is 16.7 Å². The number of aromatic nitrogens is 2. The minimum absolute atomic E-state index is 0.390. The van der Waals surface area contributed by atoms with Gasteiger partial charge in [-0.05, 0) is 12.7 Å². The lowest BCUT2D eigenvalue weighted by molar-refractivity contribution is 0.159. The summed E-state index contributed by atoms with van der Waals surface area (Å²) in [7, 11) is 0. The number of aliphatic hydroxyl groups is 1. The number of thioether (sulfide) groups is 1. The Labute approximate surface area is 75.4 Å². The van der Waals surface area contributed by atoms with Gasteiger partial charge in [-0.25, -0.2) is 0 Å². The third-order valence-corrected chi connectivity index (χ3v) is 1.97. The molecule has 0 radical (unpaired) electrons. The smallest absolute Gasteiger partial charge is 0.236 e. The molecule has 0 aliphatic rings. The molecule has 1 heterocycles. The second-order valence-corrected chi connectivity index (χ2v) is 3.27. The fraction of sp³-hybridized carbons (Fsp3) is 0.714. The van der Waals surface area contributed by atoms with Crippen LogP contribution in [0.25, 0.3) is 0 Å². The third kappa shape index (κ3) is 2.22. The Morgan fingerprint density at radius 2 is 2.42 bits per heavy atom. The third-order valence-electron chi connectivity index (χ3n) is 1.44. The van der Waals surface area contributed by atoms with E-state index in [1.807, 2.05) is 13.2 Å². The zero-order chi connectivity index (χ0) is 8.97. The molecule has 1 rings (SSSR count). The van der Waals surface area contributed by atoms with Gasteiger partial charge in [-0.15, -0.1) is 0 Å². The Morgan fingerprint density at radius 3 is 3.00 bits per heavy atom. The second-order valence-electron chi connectivity index (χ2n) is 2.40. The van der Waals surface area contributed by atoms with Gasteiger partial charge >= 0.3 is 0 Å². The summed E-state index contributed by atoms with van der Waals surface area (Å²) in [5.74, 6) is 1.66. The molecule has 1 aromatic heterocycles. The van der Waals surface area contributed by atoms with Crippen molar-refractivity contribution in [2.75, 3.05) is 6.26 Å². The van der Waals surface area contributed by atoms with E-state index in [9.17, 15) is 5.11 Å². The molecule has 0 amide bonds. The minimum atomic E-state index is -0.593. The largest absolute Gasteiger partial charge is 0.385 e. The summed E-state index contributed by atoms with van der Waals surface area (Å²) in [6, 6.07) is 0. The molecule has 1 unspecified atom stereocenters. The van der Waals surface area contributed by atoms with Crippen LogP contribution in [-0.4, -0.2) is 21.5 Å². The van der Waals surface area contributed by atoms with E-state index in [2.05, 4.69) is 10.1 Å². The first-order chi connectivity index (χ1) is 5.77. The maximum absolute atomic E-state index is 9.32. The van der Waals surface area contributed by atoms with Gasteiger partial charge in [0.25, 0.3) is 0 Å². The zero-order valence-corrected chi connectivity index (χ0v) is 7.97. The maximum Gasteiger partial charge on any atom is 0.236 e. The van der Waals surface area contributed by atoms with Gasteiger partial charge in [-0.3, -0.25) is 0 Å². The monoisotopic (exact) mass is 188 g/mol. The Kier molecular flexibility index (Phi) is 3.55. The molecule has 0 spiro atoms. The molecule has 0 saturated carbocycles. The molecule has 1 atom stereocenters. The molecule has 12 heavy (non-hydrogen) atoms. The summed E-state index contributed by atoms with van der Waals surface area (Å²) in [5, 5.41) is 13.0. The first kappa shape index (κ1) is 9.54. The lowest BCUT2D eigenvalue weighted by atomic mass is 10.3. The van der Waals surface area contributed by atoms with Crippen LogP contribution in [0, 0.1) is 0 Å². The van der Waals surface area contributed by atoms with Gasteiger partial charge in [0, 0.05) is 0 Å². The van der Waals surface area contributed by atoms with Crippen molar-refractivity contribution in [3.05, 3.63) is 11.7 Å². The van der Waals surface area contributed by atoms with Crippen molar-refractivity contribution >= 4 is 11.8 Å². The van der Waals surface area contributed by atoms with Crippen molar-refractivity contribution in [3.63, 3.8) is 0 Å². The fourth-order valence-electron chi connectivity index (χ4n) is 0.768. The zero-order valence-electron chi connectivity index (χ0n) is 7.15. The van der Waals surface area contributed by atoms with Crippen LogP contribution in [0.2, 0.25) is 0 Å². The fourth-order valence-corrected chi connectivity index (χ4v) is 1.13. The number of aliphatic hydroxyl groups excluding tert-OH is 1. The molecule has 1 aromatic rings. The van der Waals surface area contributed by atoms with Crippen molar-refractivity contribution in [2.45, 2.75) is 25.2 Å². The molecular weight excluding hydrogens is 176 g/mol. The van der Waals surface area contributed by atoms with Gasteiger partial charge in [-0.1, -0.05) is 12.1 Å². The molecule has 0 fully saturated rings. The highest BCUT2D eigenvalue weighted by Crippen LogP contribution is 2.14. The van der Waals surface area contributed by atoms with E-state index in [0.717, 1.165) is 0 Å². The standard InChI is InChI=1S/C7H12N2O2S/c1-3-5(10)7-8-6(4-12-2)11-9-7/h5,10H,3-4H2,1-2H3. The lowest BCUT2D eigenvalue weighted by Gasteiger charge is -1.97. The van der Waals surface area contributed by atoms with Crippen LogP contribution >= 0.6 is 11.8 Å². The van der Waals surface area contributed by atoms with Gasteiger partial charge < -0.3 is 9.63 Å². The molecule has 68 valence electrons. The molecule has 1 N–H and O–H groups in total. The molecule has 0 aliphatic heterocycles. The van der Waals surface area contributed by atoms with E-state index in [1.165, 1.54) is 0 Å². The Morgan fingerprint density at radius 1 is 1.67 bits per heavy atom. The summed E-state index contributed by atoms with van der Waals surface area (Å²) in [5.41, 5.74) is 0. The van der Waals surface area contributed by atoms with Crippen molar-refractivity contribution in [3.8, 4) is 0 Å². The molecule has 0 aromatic carbocycles. The Hall–Kier alpha value is -0.550. The van der Waals surface area contributed by atoms with Crippen molar-refractivity contribution in [1.29, 1.82) is 0 Å². The lowest BCUT2D eigenvalue weighted by Crippen LogP contribution is -1.97. The summed E-state index contributed by atoms with van der Waals surface area (Å²) in [4.78, 5) is 4.02. The predicted molar refractivity (Wildman–Crippen MR) is 46.8 cm³/mol. The highest BCUT2D eigenvalue weighted by Gasteiger charge is 2.12. The van der Waals surface area contributed by atoms with Gasteiger partial charge in [0.05, 0.1) is 5.75 Å². The first-order valence-electron chi connectivity index (χ1n) is 3.77. The van der Waals surface area contributed by atoms with E-state index in [0.29, 0.717) is 23.9 Å². The topological polar surface area (TPSA) is 59.2 Å². The summed E-state index contributed by atoms with van der Waals surface area (Å²) in [6.07, 6.45) is 1.97. The molecule has 4 nitrogen and oxygen atoms in total. The van der Waals surface area contributed by atoms with Gasteiger partial charge in [0.1, 0.15) is 6.10 Å². The average Bonchev–Trinajstić information content (AvgIpc) is 2.52. The summed E-state index contributed by atoms with van der Waals surface area (Å²) in [6.45, 7) is 1.87. The van der Waals surface area contributed by atoms with E-state index in [4.69, 9.17) is 4.52 Å². The van der Waals surface area contributed by atoms with E-state index in [1.54, 1.807) is 11.8 Å². The van der Waals surface area contributed by atoms with E-state index < -0.39 is 6.10 Å². The van der Waals surface area contributed by atoms with Crippen LogP contribution in [0.5, 0.6) is 0 Å². The van der Waals surface area contributed by atoms with Crippen molar-refractivity contribution in [1.82, 2.24) is 10.1 Å². The Balaban J connectivity index is 2.63. The SMILES string of the molecule is CCC(O)c1noc(CSC)n1. The van der Waals surface area contributed by atoms with Crippen LogP contribution < -0.4 is 0 Å².